The van der Waals surface area contributed by atoms with Gasteiger partial charge in [-0.3, -0.25) is 4.98 Å². The van der Waals surface area contributed by atoms with Crippen molar-refractivity contribution in [3.63, 3.8) is 0 Å². The van der Waals surface area contributed by atoms with E-state index in [9.17, 15) is 4.39 Å². The minimum absolute atomic E-state index is 0.0802. The second-order valence-electron chi connectivity index (χ2n) is 5.13. The van der Waals surface area contributed by atoms with Crippen LogP contribution in [-0.4, -0.2) is 12.0 Å². The molecule has 0 spiro atoms. The summed E-state index contributed by atoms with van der Waals surface area (Å²) in [7, 11) is 1.86. The van der Waals surface area contributed by atoms with E-state index in [1.54, 1.807) is 12.1 Å². The van der Waals surface area contributed by atoms with Gasteiger partial charge in [-0.05, 0) is 43.7 Å². The number of likely N-dealkylation sites (N-methyl/N-ethyl adjacent to an activating group) is 1. The molecule has 0 bridgehead atoms. The molecule has 1 heterocycles. The zero-order chi connectivity index (χ0) is 14.1. The highest BCUT2D eigenvalue weighted by Gasteiger charge is 2.32. The van der Waals surface area contributed by atoms with Gasteiger partial charge >= 0.3 is 0 Å². The van der Waals surface area contributed by atoms with Crippen LogP contribution in [0.25, 0.3) is 0 Å². The number of hydrogen-bond acceptors (Lipinski definition) is 2. The van der Waals surface area contributed by atoms with E-state index in [4.69, 9.17) is 11.6 Å². The van der Waals surface area contributed by atoms with Gasteiger partial charge in [0.2, 0.25) is 0 Å². The number of fused-ring (bicyclic) bond motifs is 1. The summed E-state index contributed by atoms with van der Waals surface area (Å²) >= 11 is 5.83. The Kier molecular flexibility index (Phi) is 3.72. The van der Waals surface area contributed by atoms with E-state index in [1.165, 1.54) is 11.6 Å². The molecule has 1 aliphatic rings. The molecule has 0 amide bonds. The average Bonchev–Trinajstić information content (AvgIpc) is 2.86. The molecule has 20 heavy (non-hydrogen) atoms. The van der Waals surface area contributed by atoms with E-state index in [-0.39, 0.29) is 17.8 Å². The second-order valence-corrected chi connectivity index (χ2v) is 5.56. The number of hydrogen-bond donors (Lipinski definition) is 1. The molecule has 2 aromatic rings. The number of aryl methyl sites for hydroxylation is 1. The maximum Gasteiger partial charge on any atom is 0.129 e. The Labute approximate surface area is 123 Å². The zero-order valence-corrected chi connectivity index (χ0v) is 12.0. The molecule has 3 rings (SSSR count). The molecule has 2 unspecified atom stereocenters. The second kappa shape index (κ2) is 5.51. The van der Waals surface area contributed by atoms with E-state index in [2.05, 4.69) is 16.4 Å². The van der Waals surface area contributed by atoms with Crippen molar-refractivity contribution in [3.05, 3.63) is 64.2 Å². The highest BCUT2D eigenvalue weighted by atomic mass is 35.5. The summed E-state index contributed by atoms with van der Waals surface area (Å²) in [6.07, 6.45) is 3.79. The Balaban J connectivity index is 1.99. The van der Waals surface area contributed by atoms with E-state index >= 15 is 0 Å². The topological polar surface area (TPSA) is 24.9 Å². The van der Waals surface area contributed by atoms with Crippen molar-refractivity contribution in [2.24, 2.45) is 0 Å². The van der Waals surface area contributed by atoms with Crippen LogP contribution in [0.1, 0.15) is 35.2 Å². The lowest BCUT2D eigenvalue weighted by atomic mass is 9.90. The molecule has 2 nitrogen and oxygen atoms in total. The van der Waals surface area contributed by atoms with Crippen LogP contribution in [0, 0.1) is 5.82 Å². The number of benzene rings is 1. The van der Waals surface area contributed by atoms with E-state index in [0.29, 0.717) is 10.6 Å². The van der Waals surface area contributed by atoms with Crippen LogP contribution in [0.3, 0.4) is 0 Å². The molecule has 0 saturated heterocycles. The lowest BCUT2D eigenvalue weighted by molar-refractivity contribution is 0.449. The predicted molar refractivity (Wildman–Crippen MR) is 78.5 cm³/mol. The van der Waals surface area contributed by atoms with Gasteiger partial charge in [0.15, 0.2) is 0 Å². The molecule has 1 aromatic heterocycles. The Hall–Kier alpha value is -1.45. The number of nitrogens with one attached hydrogen (secondary N) is 1. The van der Waals surface area contributed by atoms with Crippen molar-refractivity contribution in [3.8, 4) is 0 Å². The normalized spacial score (nSPS) is 18.9. The van der Waals surface area contributed by atoms with Gasteiger partial charge < -0.3 is 5.32 Å². The molecule has 1 N–H and O–H groups in total. The molecule has 0 saturated carbocycles. The largest absolute Gasteiger partial charge is 0.312 e. The summed E-state index contributed by atoms with van der Waals surface area (Å²) in [6, 6.07) is 8.85. The highest BCUT2D eigenvalue weighted by Crippen LogP contribution is 2.41. The molecule has 104 valence electrons. The van der Waals surface area contributed by atoms with Gasteiger partial charge in [-0.15, -0.1) is 0 Å². The molecule has 4 heteroatoms. The quantitative estimate of drug-likeness (QED) is 0.928. The summed E-state index contributed by atoms with van der Waals surface area (Å²) in [4.78, 5) is 4.49. The van der Waals surface area contributed by atoms with Crippen molar-refractivity contribution in [1.29, 1.82) is 0 Å². The molecule has 0 radical (unpaired) electrons. The van der Waals surface area contributed by atoms with Gasteiger partial charge in [-0.2, -0.15) is 0 Å². The third-order valence-corrected chi connectivity index (χ3v) is 4.25. The Morgan fingerprint density at radius 2 is 2.25 bits per heavy atom. The van der Waals surface area contributed by atoms with Gasteiger partial charge in [0.1, 0.15) is 5.82 Å². The van der Waals surface area contributed by atoms with Gasteiger partial charge in [-0.1, -0.05) is 23.7 Å². The van der Waals surface area contributed by atoms with Crippen LogP contribution in [0.4, 0.5) is 4.39 Å². The first-order chi connectivity index (χ1) is 9.70. The number of aromatic nitrogens is 1. The SMILES string of the molecule is CNC(c1ccc(Cl)cc1F)C1CCc2cccnc21. The van der Waals surface area contributed by atoms with Crippen LogP contribution in [0.5, 0.6) is 0 Å². The van der Waals surface area contributed by atoms with E-state index in [1.807, 2.05) is 19.3 Å². The minimum Gasteiger partial charge on any atom is -0.312 e. The molecular weight excluding hydrogens is 275 g/mol. The van der Waals surface area contributed by atoms with Crippen molar-refractivity contribution in [2.75, 3.05) is 7.05 Å². The zero-order valence-electron chi connectivity index (χ0n) is 11.2. The van der Waals surface area contributed by atoms with Crippen LogP contribution in [-0.2, 0) is 6.42 Å². The number of pyridine rings is 1. The van der Waals surface area contributed by atoms with Gasteiger partial charge in [0, 0.05) is 34.4 Å². The fourth-order valence-electron chi connectivity index (χ4n) is 3.10. The summed E-state index contributed by atoms with van der Waals surface area (Å²) in [5.41, 5.74) is 3.01. The van der Waals surface area contributed by atoms with E-state index in [0.717, 1.165) is 18.5 Å². The molecule has 0 aliphatic heterocycles. The molecule has 0 fully saturated rings. The van der Waals surface area contributed by atoms with Crippen LogP contribution in [0.2, 0.25) is 5.02 Å². The third kappa shape index (κ3) is 2.32. The third-order valence-electron chi connectivity index (χ3n) is 4.01. The maximum absolute atomic E-state index is 14.2. The Morgan fingerprint density at radius 1 is 1.40 bits per heavy atom. The van der Waals surface area contributed by atoms with Crippen molar-refractivity contribution in [2.45, 2.75) is 24.8 Å². The standard InChI is InChI=1S/C16H16ClFN2/c1-19-16(12-7-5-11(17)9-14(12)18)13-6-4-10-3-2-8-20-15(10)13/h2-3,5,7-9,13,16,19H,4,6H2,1H3. The number of rotatable bonds is 3. The van der Waals surface area contributed by atoms with E-state index < -0.39 is 0 Å². The van der Waals surface area contributed by atoms with Gasteiger partial charge in [0.25, 0.3) is 0 Å². The molecule has 2 atom stereocenters. The van der Waals surface area contributed by atoms with Crippen LogP contribution >= 0.6 is 11.6 Å². The predicted octanol–water partition coefficient (Wildman–Crippen LogP) is 3.86. The first kappa shape index (κ1) is 13.5. The minimum atomic E-state index is -0.263. The number of halogens is 2. The lowest BCUT2D eigenvalue weighted by Crippen LogP contribution is -2.24. The summed E-state index contributed by atoms with van der Waals surface area (Å²) in [5.74, 6) is -0.0619. The Morgan fingerprint density at radius 3 is 3.00 bits per heavy atom. The Bertz CT molecular complexity index is 630. The fraction of sp³-hybridized carbons (Fsp3) is 0.312. The average molecular weight is 291 g/mol. The first-order valence-electron chi connectivity index (χ1n) is 6.76. The smallest absolute Gasteiger partial charge is 0.129 e. The lowest BCUT2D eigenvalue weighted by Gasteiger charge is -2.24. The van der Waals surface area contributed by atoms with Crippen molar-refractivity contribution < 1.29 is 4.39 Å². The van der Waals surface area contributed by atoms with Gasteiger partial charge in [0.05, 0.1) is 0 Å². The summed E-state index contributed by atoms with van der Waals surface area (Å²) in [5, 5.41) is 3.66. The monoisotopic (exact) mass is 290 g/mol. The maximum atomic E-state index is 14.2. The van der Waals surface area contributed by atoms with Crippen LogP contribution in [0.15, 0.2) is 36.5 Å². The van der Waals surface area contributed by atoms with Crippen LogP contribution < -0.4 is 5.32 Å². The first-order valence-corrected chi connectivity index (χ1v) is 7.14. The van der Waals surface area contributed by atoms with Crippen molar-refractivity contribution >= 4 is 11.6 Å². The molecule has 1 aliphatic carbocycles. The van der Waals surface area contributed by atoms with Crippen molar-refractivity contribution in [1.82, 2.24) is 10.3 Å². The fourth-order valence-corrected chi connectivity index (χ4v) is 3.25. The molecule has 1 aromatic carbocycles. The highest BCUT2D eigenvalue weighted by molar-refractivity contribution is 6.30. The molecular formula is C16H16ClFN2. The number of nitrogens with zero attached hydrogens (tertiary/aromatic N) is 1. The van der Waals surface area contributed by atoms with Gasteiger partial charge in [-0.25, -0.2) is 4.39 Å². The summed E-state index contributed by atoms with van der Waals surface area (Å²) < 4.78 is 14.2. The summed E-state index contributed by atoms with van der Waals surface area (Å²) in [6.45, 7) is 0.